The lowest BCUT2D eigenvalue weighted by molar-refractivity contribution is -0.127. The number of amides is 1. The van der Waals surface area contributed by atoms with Gasteiger partial charge in [0, 0.05) is 19.2 Å². The van der Waals surface area contributed by atoms with Crippen molar-refractivity contribution in [2.24, 2.45) is 10.8 Å². The highest BCUT2D eigenvalue weighted by molar-refractivity contribution is 7.82. The van der Waals surface area contributed by atoms with E-state index in [1.165, 1.54) is 0 Å². The van der Waals surface area contributed by atoms with Crippen LogP contribution in [0.1, 0.15) is 0 Å². The van der Waals surface area contributed by atoms with E-state index in [1.54, 1.807) is 30.2 Å². The minimum Gasteiger partial charge on any atom is -0.497 e. The molecule has 0 spiro atoms. The van der Waals surface area contributed by atoms with Crippen LogP contribution in [0, 0.1) is 0 Å². The quantitative estimate of drug-likeness (QED) is 0.469. The predicted octanol–water partition coefficient (Wildman–Crippen LogP) is 0.608. The molecule has 1 fully saturated rings. The van der Waals surface area contributed by atoms with E-state index < -0.39 is 0 Å². The molecule has 7 nitrogen and oxygen atoms in total. The van der Waals surface area contributed by atoms with Gasteiger partial charge in [-0.3, -0.25) is 10.2 Å². The van der Waals surface area contributed by atoms with Crippen LogP contribution in [0.25, 0.3) is 0 Å². The molecule has 0 radical (unpaired) electrons. The molecule has 22 heavy (non-hydrogen) atoms. The van der Waals surface area contributed by atoms with Crippen molar-refractivity contribution in [2.45, 2.75) is 0 Å². The highest BCUT2D eigenvalue weighted by Crippen LogP contribution is 2.16. The van der Waals surface area contributed by atoms with Crippen molar-refractivity contribution >= 4 is 34.5 Å². The molecule has 0 unspecified atom stereocenters. The van der Waals surface area contributed by atoms with Crippen LogP contribution in [-0.2, 0) is 9.53 Å². The van der Waals surface area contributed by atoms with Crippen LogP contribution >= 0.6 is 12.2 Å². The largest absolute Gasteiger partial charge is 0.497 e. The fraction of sp³-hybridized carbons (Fsp3) is 0.357. The molecule has 0 atom stereocenters. The van der Waals surface area contributed by atoms with Gasteiger partial charge >= 0.3 is 0 Å². The van der Waals surface area contributed by atoms with Gasteiger partial charge in [0.1, 0.15) is 10.7 Å². The number of nitrogens with zero attached hydrogens (tertiary/aromatic N) is 2. The Morgan fingerprint density at radius 2 is 2.18 bits per heavy atom. The number of carbonyl (C=O) groups is 1. The van der Waals surface area contributed by atoms with Crippen molar-refractivity contribution < 1.29 is 14.3 Å². The molecule has 3 N–H and O–H groups in total. The van der Waals surface area contributed by atoms with Crippen molar-refractivity contribution in [3.8, 4) is 5.75 Å². The zero-order chi connectivity index (χ0) is 15.9. The summed E-state index contributed by atoms with van der Waals surface area (Å²) in [4.78, 5) is 14.0. The number of hydrogen-bond donors (Lipinski definition) is 2. The number of nitrogens with one attached hydrogen (secondary N) is 1. The zero-order valence-corrected chi connectivity index (χ0v) is 13.1. The number of thiocarbonyl (C=S) groups is 1. The van der Waals surface area contributed by atoms with Crippen molar-refractivity contribution in [3.63, 3.8) is 0 Å². The summed E-state index contributed by atoms with van der Waals surface area (Å²) in [5, 5.41) is 4.06. The number of carbonyl (C=O) groups excluding carboxylic acids is 1. The van der Waals surface area contributed by atoms with E-state index in [9.17, 15) is 4.79 Å². The van der Waals surface area contributed by atoms with Crippen LogP contribution in [0.2, 0.25) is 0 Å². The molecular weight excluding hydrogens is 304 g/mol. The zero-order valence-electron chi connectivity index (χ0n) is 12.2. The first kappa shape index (κ1) is 16.2. The Balaban J connectivity index is 2.12. The second-order valence-corrected chi connectivity index (χ2v) is 5.01. The molecule has 0 aromatic heterocycles. The molecule has 1 aromatic rings. The average Bonchev–Trinajstić information content (AvgIpc) is 2.55. The summed E-state index contributed by atoms with van der Waals surface area (Å²) in [5.74, 6) is 0.378. The number of anilines is 1. The first-order valence-corrected chi connectivity index (χ1v) is 7.17. The molecule has 0 bridgehead atoms. The van der Waals surface area contributed by atoms with Gasteiger partial charge in [0.2, 0.25) is 0 Å². The number of benzene rings is 1. The number of hydrazone groups is 1. The fourth-order valence-corrected chi connectivity index (χ4v) is 2.07. The monoisotopic (exact) mass is 322 g/mol. The Labute approximate surface area is 134 Å². The van der Waals surface area contributed by atoms with Crippen LogP contribution in [-0.4, -0.2) is 54.9 Å². The minimum absolute atomic E-state index is 0.0275. The molecule has 1 heterocycles. The summed E-state index contributed by atoms with van der Waals surface area (Å²) < 4.78 is 10.3. The standard InChI is InChI=1S/C14H18N4O3S/c1-20-11-4-2-3-10(9-11)16-17-12(13(15)22)14(19)18-5-7-21-8-6-18/h2-4,9,16H,5-8H2,1H3,(H2,15,22)/b17-12+. The number of nitrogens with two attached hydrogens (primary N) is 1. The maximum atomic E-state index is 12.4. The Morgan fingerprint density at radius 1 is 1.45 bits per heavy atom. The number of rotatable bonds is 5. The second-order valence-electron chi connectivity index (χ2n) is 4.57. The van der Waals surface area contributed by atoms with Gasteiger partial charge in [-0.05, 0) is 12.1 Å². The number of ether oxygens (including phenoxy) is 2. The van der Waals surface area contributed by atoms with E-state index in [-0.39, 0.29) is 16.6 Å². The third-order valence-corrected chi connectivity index (χ3v) is 3.29. The second kappa shape index (κ2) is 7.71. The average molecular weight is 322 g/mol. The molecule has 1 aliphatic heterocycles. The molecule has 8 heteroatoms. The Hall–Kier alpha value is -2.19. The van der Waals surface area contributed by atoms with Gasteiger partial charge in [-0.2, -0.15) is 5.10 Å². The van der Waals surface area contributed by atoms with Gasteiger partial charge in [0.25, 0.3) is 5.91 Å². The van der Waals surface area contributed by atoms with Crippen LogP contribution in [0.4, 0.5) is 5.69 Å². The topological polar surface area (TPSA) is 89.2 Å². The number of hydrogen-bond acceptors (Lipinski definition) is 6. The lowest BCUT2D eigenvalue weighted by atomic mass is 10.3. The first-order chi connectivity index (χ1) is 10.6. The molecule has 1 aromatic carbocycles. The van der Waals surface area contributed by atoms with Gasteiger partial charge in [0.05, 0.1) is 26.0 Å². The van der Waals surface area contributed by atoms with Crippen LogP contribution in [0.5, 0.6) is 5.75 Å². The minimum atomic E-state index is -0.300. The van der Waals surface area contributed by atoms with Crippen molar-refractivity contribution in [1.29, 1.82) is 0 Å². The smallest absolute Gasteiger partial charge is 0.277 e. The van der Waals surface area contributed by atoms with Crippen LogP contribution in [0.15, 0.2) is 29.4 Å². The Morgan fingerprint density at radius 3 is 2.82 bits per heavy atom. The summed E-state index contributed by atoms with van der Waals surface area (Å²) in [6.45, 7) is 2.00. The van der Waals surface area contributed by atoms with E-state index in [2.05, 4.69) is 10.5 Å². The maximum Gasteiger partial charge on any atom is 0.277 e. The van der Waals surface area contributed by atoms with Crippen molar-refractivity contribution in [2.75, 3.05) is 38.8 Å². The van der Waals surface area contributed by atoms with E-state index in [4.69, 9.17) is 27.4 Å². The number of morpholine rings is 1. The SMILES string of the molecule is COc1cccc(N/N=C(/C(=O)N2CCOCC2)C(N)=S)c1. The van der Waals surface area contributed by atoms with Gasteiger partial charge in [-0.25, -0.2) is 0 Å². The van der Waals surface area contributed by atoms with E-state index in [0.717, 1.165) is 0 Å². The summed E-state index contributed by atoms with van der Waals surface area (Å²) in [6, 6.07) is 7.16. The molecule has 0 aliphatic carbocycles. The summed E-state index contributed by atoms with van der Waals surface area (Å²) in [7, 11) is 1.57. The van der Waals surface area contributed by atoms with Gasteiger partial charge < -0.3 is 20.1 Å². The van der Waals surface area contributed by atoms with Crippen molar-refractivity contribution in [1.82, 2.24) is 4.90 Å². The summed E-state index contributed by atoms with van der Waals surface area (Å²) in [6.07, 6.45) is 0. The van der Waals surface area contributed by atoms with Crippen molar-refractivity contribution in [3.05, 3.63) is 24.3 Å². The molecule has 1 saturated heterocycles. The lowest BCUT2D eigenvalue weighted by Gasteiger charge is -2.26. The first-order valence-electron chi connectivity index (χ1n) is 6.76. The molecule has 0 saturated carbocycles. The van der Waals surface area contributed by atoms with Crippen LogP contribution in [0.3, 0.4) is 0 Å². The fourth-order valence-electron chi connectivity index (χ4n) is 1.94. The predicted molar refractivity (Wildman–Crippen MR) is 88.2 cm³/mol. The maximum absolute atomic E-state index is 12.4. The molecule has 118 valence electrons. The summed E-state index contributed by atoms with van der Waals surface area (Å²) >= 11 is 4.93. The highest BCUT2D eigenvalue weighted by Gasteiger charge is 2.23. The molecule has 1 amide bonds. The lowest BCUT2D eigenvalue weighted by Crippen LogP contribution is -2.47. The Kier molecular flexibility index (Phi) is 5.68. The van der Waals surface area contributed by atoms with Gasteiger partial charge in [-0.1, -0.05) is 18.3 Å². The van der Waals surface area contributed by atoms with E-state index in [0.29, 0.717) is 37.7 Å². The molecule has 1 aliphatic rings. The molecule has 2 rings (SSSR count). The third kappa shape index (κ3) is 4.15. The van der Waals surface area contributed by atoms with Gasteiger partial charge in [0.15, 0.2) is 5.71 Å². The van der Waals surface area contributed by atoms with E-state index >= 15 is 0 Å². The summed E-state index contributed by atoms with van der Waals surface area (Å²) in [5.41, 5.74) is 9.10. The third-order valence-electron chi connectivity index (χ3n) is 3.10. The number of methoxy groups -OCH3 is 1. The van der Waals surface area contributed by atoms with Gasteiger partial charge in [-0.15, -0.1) is 0 Å². The van der Waals surface area contributed by atoms with Crippen LogP contribution < -0.4 is 15.9 Å². The Bertz CT molecular complexity index is 585. The highest BCUT2D eigenvalue weighted by atomic mass is 32.1. The molecular formula is C14H18N4O3S. The van der Waals surface area contributed by atoms with E-state index in [1.807, 2.05) is 6.07 Å². The normalized spacial score (nSPS) is 15.3.